The van der Waals surface area contributed by atoms with Crippen molar-refractivity contribution in [1.82, 2.24) is 0 Å². The predicted octanol–water partition coefficient (Wildman–Crippen LogP) is -6.18. The number of ether oxygens (including phenoxy) is 12. The Labute approximate surface area is 581 Å². The summed E-state index contributed by atoms with van der Waals surface area (Å²) in [6.45, 7) is 18.7. The van der Waals surface area contributed by atoms with E-state index in [9.17, 15) is 89.6 Å². The largest absolute Gasteiger partial charge is 1.00 e. The van der Waals surface area contributed by atoms with E-state index < -0.39 is 231 Å². The standard InChI is InChI=1S/C63H104O31S.Na/c1-23(2)24(3)13-18-63(10,78)37-12-11-31-30-20-34(33-19-29(94-95(79,80)81)14-16-61(33,8)32(30)15-17-62(31,37)9)87-57-49(76)52(41(68)27(6)84-57)91-59-53(92-55-47(74)44(71)38(65)25(4)83-55)43(70)36(22-82-59)89-60-54(46(73)39(66)26(5)86-60)93-58-50(77)51(40(67)28(7)85-58)90-56-48(75)45(72)42(69)35(21-64)88-56;/h15,23,25-31,33-60,64-78H,3,11-14,16-22H2,1-2,4-10H3,(H,79,80,81);/q;+1/p-1/t25-,26-,27-,28-,29+,30+,31+,33-,34+,35-,36-,37+,38-,39+,40+,41-,42+,43+,44+,45+,46+,47-,48-,49-,50-,51+,52+,53-,54-,55+,56+,57+,58+,59+,60+,61-,62+,63+;/m1./s1. The Morgan fingerprint density at radius 1 is 0.604 bits per heavy atom. The average molecular weight is 1410 g/mol. The zero-order valence-electron chi connectivity index (χ0n) is 56.0. The van der Waals surface area contributed by atoms with Crippen LogP contribution in [0.15, 0.2) is 23.8 Å². The number of aliphatic hydroxyl groups excluding tert-OH is 14. The third-order valence-corrected chi connectivity index (χ3v) is 23.5. The minimum absolute atomic E-state index is 0. The summed E-state index contributed by atoms with van der Waals surface area (Å²) in [6.07, 6.45) is -45.2. The summed E-state index contributed by atoms with van der Waals surface area (Å²) >= 11 is 0. The van der Waals surface area contributed by atoms with Crippen molar-refractivity contribution in [1.29, 1.82) is 0 Å². The first kappa shape index (κ1) is 79.4. The first-order valence-corrected chi connectivity index (χ1v) is 34.8. The number of hydrogen-bond donors (Lipinski definition) is 15. The van der Waals surface area contributed by atoms with Crippen LogP contribution in [0.2, 0.25) is 0 Å². The Balaban J connectivity index is 0.0000108. The van der Waals surface area contributed by atoms with E-state index in [0.717, 1.165) is 18.4 Å². The molecule has 38 atom stereocenters. The van der Waals surface area contributed by atoms with Crippen LogP contribution in [-0.4, -0.2) is 299 Å². The molecule has 33 heteroatoms. The molecule has 6 saturated heterocycles. The molecule has 548 valence electrons. The van der Waals surface area contributed by atoms with Crippen LogP contribution >= 0.6 is 0 Å². The fourth-order valence-corrected chi connectivity index (χ4v) is 17.5. The topological polar surface area (TPSA) is 481 Å². The fraction of sp³-hybridized carbons (Fsp3) is 0.937. The molecule has 0 aromatic rings. The smallest absolute Gasteiger partial charge is 0.726 e. The van der Waals surface area contributed by atoms with Crippen molar-refractivity contribution in [2.75, 3.05) is 13.2 Å². The molecule has 31 nitrogen and oxygen atoms in total. The van der Waals surface area contributed by atoms with Crippen LogP contribution in [-0.2, 0) is 71.4 Å². The molecule has 9 fully saturated rings. The predicted molar refractivity (Wildman–Crippen MR) is 319 cm³/mol. The number of aliphatic hydroxyl groups is 15. The molecule has 0 spiro atoms. The Hall–Kier alpha value is -0.730. The second kappa shape index (κ2) is 31.1. The second-order valence-electron chi connectivity index (χ2n) is 29.4. The van der Waals surface area contributed by atoms with E-state index in [2.05, 4.69) is 40.3 Å². The van der Waals surface area contributed by atoms with Gasteiger partial charge >= 0.3 is 29.6 Å². The van der Waals surface area contributed by atoms with Gasteiger partial charge in [-0.25, -0.2) is 8.42 Å². The number of hydrogen-bond acceptors (Lipinski definition) is 31. The minimum Gasteiger partial charge on any atom is -0.726 e. The van der Waals surface area contributed by atoms with Gasteiger partial charge in [-0.15, -0.1) is 0 Å². The Morgan fingerprint density at radius 3 is 1.67 bits per heavy atom. The SMILES string of the molecule is C=C(CC[C@](C)(O)[C@H]1CC[C@H]2[C@@H]3C[C@H](O[C@@H]4O[C@H](C)[C@@H](O)[C@H](O[C@@H]5OC[C@@H](O[C@@H]6O[C@H](C)[C@H](O)[C@H](O)[C@H]6O[C@@H]6O[C@H](C)[C@H](O)[C@H](O[C@@H]7O[C@H](CO)[C@H](O)[C@H](O)[C@H]7O)[C@H]6O)[C@H](O)[C@H]5O[C@@H]5O[C@H](C)[C@@H](O)[C@H](O)[C@H]5O)[C@H]4O)[C@H]4C[C@@H](OS(=O)(=O)[O-])CC[C@]4(C)C3=CC[C@@]21C)C(C)C.[Na+]. The van der Waals surface area contributed by atoms with Gasteiger partial charge in [-0.2, -0.15) is 0 Å². The van der Waals surface area contributed by atoms with E-state index in [1.165, 1.54) is 33.3 Å². The molecule has 6 aliphatic heterocycles. The maximum Gasteiger partial charge on any atom is 1.00 e. The van der Waals surface area contributed by atoms with Crippen LogP contribution in [0.3, 0.4) is 0 Å². The van der Waals surface area contributed by atoms with Crippen LogP contribution in [0.5, 0.6) is 0 Å². The van der Waals surface area contributed by atoms with Gasteiger partial charge in [0.15, 0.2) is 37.7 Å². The van der Waals surface area contributed by atoms with Gasteiger partial charge in [0, 0.05) is 0 Å². The van der Waals surface area contributed by atoms with Crippen LogP contribution in [0.1, 0.15) is 120 Å². The van der Waals surface area contributed by atoms with Crippen molar-refractivity contribution in [3.05, 3.63) is 23.8 Å². The van der Waals surface area contributed by atoms with Gasteiger partial charge in [0.1, 0.15) is 116 Å². The second-order valence-corrected chi connectivity index (χ2v) is 30.4. The minimum atomic E-state index is -5.14. The number of rotatable bonds is 20. The van der Waals surface area contributed by atoms with Crippen molar-refractivity contribution in [2.45, 2.75) is 316 Å². The maximum atomic E-state index is 12.5. The van der Waals surface area contributed by atoms with Crippen LogP contribution in [0.4, 0.5) is 0 Å². The summed E-state index contributed by atoms with van der Waals surface area (Å²) in [4.78, 5) is 0. The van der Waals surface area contributed by atoms with E-state index in [1.54, 1.807) is 0 Å². The van der Waals surface area contributed by atoms with Crippen molar-refractivity contribution >= 4 is 10.4 Å². The monoisotopic (exact) mass is 1410 g/mol. The third-order valence-electron chi connectivity index (χ3n) is 22.9. The summed E-state index contributed by atoms with van der Waals surface area (Å²) in [6, 6.07) is 0. The van der Waals surface area contributed by atoms with Crippen molar-refractivity contribution in [3.63, 3.8) is 0 Å². The van der Waals surface area contributed by atoms with E-state index >= 15 is 0 Å². The van der Waals surface area contributed by atoms with Crippen molar-refractivity contribution in [3.8, 4) is 0 Å². The Kier molecular flexibility index (Phi) is 25.8. The summed E-state index contributed by atoms with van der Waals surface area (Å²) in [5.41, 5.74) is 0.204. The molecule has 10 aliphatic rings. The number of fused-ring (bicyclic) bond motifs is 5. The zero-order chi connectivity index (χ0) is 69.6. The van der Waals surface area contributed by atoms with Gasteiger partial charge in [0.2, 0.25) is 10.4 Å². The molecule has 0 bridgehead atoms. The molecule has 0 aromatic carbocycles. The molecular weight excluding hydrogens is 1310 g/mol. The van der Waals surface area contributed by atoms with E-state index in [1.807, 2.05) is 6.92 Å². The molecule has 0 aromatic heterocycles. The van der Waals surface area contributed by atoms with Crippen molar-refractivity contribution < 1.29 is 180 Å². The normalized spacial score (nSPS) is 51.5. The summed E-state index contributed by atoms with van der Waals surface area (Å²) < 4.78 is 115. The first-order chi connectivity index (χ1) is 44.4. The van der Waals surface area contributed by atoms with Crippen LogP contribution < -0.4 is 29.6 Å². The molecular formula is C63H103NaO31S. The van der Waals surface area contributed by atoms with Gasteiger partial charge in [0.25, 0.3) is 0 Å². The Morgan fingerprint density at radius 2 is 1.09 bits per heavy atom. The molecule has 0 amide bonds. The van der Waals surface area contributed by atoms with E-state index in [0.29, 0.717) is 32.1 Å². The zero-order valence-corrected chi connectivity index (χ0v) is 58.8. The average Bonchev–Trinajstić information content (AvgIpc) is 1.35. The van der Waals surface area contributed by atoms with Crippen LogP contribution in [0.25, 0.3) is 0 Å². The van der Waals surface area contributed by atoms with Crippen LogP contribution in [0, 0.1) is 40.4 Å². The molecule has 10 rings (SSSR count). The van der Waals surface area contributed by atoms with Gasteiger partial charge < -0.3 is 138 Å². The summed E-state index contributed by atoms with van der Waals surface area (Å²) in [7, 11) is -5.14. The van der Waals surface area contributed by atoms with Crippen molar-refractivity contribution in [2.24, 2.45) is 40.4 Å². The molecule has 3 saturated carbocycles. The summed E-state index contributed by atoms with van der Waals surface area (Å²) in [5, 5.41) is 169. The van der Waals surface area contributed by atoms with Gasteiger partial charge in [-0.05, 0) is 133 Å². The number of allylic oxidation sites excluding steroid dienone is 3. The van der Waals surface area contributed by atoms with Gasteiger partial charge in [-0.3, -0.25) is 4.18 Å². The third kappa shape index (κ3) is 15.8. The fourth-order valence-electron chi connectivity index (χ4n) is 17.0. The molecule has 0 radical (unpaired) electrons. The quantitative estimate of drug-likeness (QED) is 0.0233. The molecule has 4 aliphatic carbocycles. The molecule has 96 heavy (non-hydrogen) atoms. The molecule has 0 unspecified atom stereocenters. The van der Waals surface area contributed by atoms with E-state index in [-0.39, 0.29) is 71.5 Å². The maximum absolute atomic E-state index is 12.5. The summed E-state index contributed by atoms with van der Waals surface area (Å²) in [5.74, 6) is -0.397. The first-order valence-electron chi connectivity index (χ1n) is 33.4. The van der Waals surface area contributed by atoms with Gasteiger partial charge in [0.05, 0.1) is 55.4 Å². The van der Waals surface area contributed by atoms with E-state index in [4.69, 9.17) is 61.0 Å². The molecule has 6 heterocycles. The molecule has 15 N–H and O–H groups in total. The Bertz CT molecular complexity index is 2740. The van der Waals surface area contributed by atoms with Gasteiger partial charge in [-0.1, -0.05) is 51.5 Å².